The summed E-state index contributed by atoms with van der Waals surface area (Å²) in [6.07, 6.45) is 3.65. The van der Waals surface area contributed by atoms with Gasteiger partial charge >= 0.3 is 0 Å². The van der Waals surface area contributed by atoms with E-state index in [1.165, 1.54) is 5.56 Å². The Balaban J connectivity index is 1.48. The van der Waals surface area contributed by atoms with Crippen molar-refractivity contribution in [3.63, 3.8) is 0 Å². The van der Waals surface area contributed by atoms with E-state index in [2.05, 4.69) is 22.3 Å². The highest BCUT2D eigenvalue weighted by atomic mass is 16.2. The van der Waals surface area contributed by atoms with Crippen molar-refractivity contribution >= 4 is 11.8 Å². The Morgan fingerprint density at radius 3 is 2.28 bits per heavy atom. The van der Waals surface area contributed by atoms with Gasteiger partial charge in [0.2, 0.25) is 11.8 Å². The molecule has 2 aliphatic rings. The van der Waals surface area contributed by atoms with Crippen molar-refractivity contribution in [1.82, 2.24) is 15.1 Å². The van der Waals surface area contributed by atoms with Crippen molar-refractivity contribution in [3.05, 3.63) is 35.9 Å². The molecule has 5 nitrogen and oxygen atoms in total. The van der Waals surface area contributed by atoms with Crippen LogP contribution in [0.5, 0.6) is 0 Å². The number of likely N-dealkylation sites (tertiary alicyclic amines) is 1. The molecule has 1 aliphatic heterocycles. The van der Waals surface area contributed by atoms with Crippen LogP contribution in [0.3, 0.4) is 0 Å². The lowest BCUT2D eigenvalue weighted by Crippen LogP contribution is -2.44. The van der Waals surface area contributed by atoms with E-state index >= 15 is 0 Å². The van der Waals surface area contributed by atoms with Gasteiger partial charge in [0.15, 0.2) is 0 Å². The maximum absolute atomic E-state index is 12.5. The summed E-state index contributed by atoms with van der Waals surface area (Å²) in [5, 5.41) is 3.13. The monoisotopic (exact) mass is 343 g/mol. The van der Waals surface area contributed by atoms with Gasteiger partial charge in [-0.25, -0.2) is 0 Å². The number of benzene rings is 1. The molecule has 0 bridgehead atoms. The number of carbonyl (C=O) groups is 2. The highest BCUT2D eigenvalue weighted by molar-refractivity contribution is 5.82. The summed E-state index contributed by atoms with van der Waals surface area (Å²) in [5.74, 6) is 0.732. The van der Waals surface area contributed by atoms with Gasteiger partial charge in [-0.2, -0.15) is 0 Å². The van der Waals surface area contributed by atoms with E-state index in [0.29, 0.717) is 12.5 Å². The fourth-order valence-electron chi connectivity index (χ4n) is 3.57. The van der Waals surface area contributed by atoms with Gasteiger partial charge < -0.3 is 15.1 Å². The van der Waals surface area contributed by atoms with Crippen LogP contribution in [0.2, 0.25) is 0 Å². The number of carbonyl (C=O) groups excluding carboxylic acids is 2. The molecule has 1 saturated carbocycles. The molecule has 2 amide bonds. The number of rotatable bonds is 6. The standard InChI is InChI=1S/C20H29N3O2/c1-22(2)18(15-6-4-3-5-7-15)14-21-19(24)16-10-12-23(13-11-16)20(25)17-8-9-17/h3-7,16-18H,8-14H2,1-2H3,(H,21,24)/t18-/m1/s1. The predicted octanol–water partition coefficient (Wildman–Crippen LogP) is 2.05. The van der Waals surface area contributed by atoms with Gasteiger partial charge in [0.25, 0.3) is 0 Å². The van der Waals surface area contributed by atoms with Gasteiger partial charge in [0.1, 0.15) is 0 Å². The van der Waals surface area contributed by atoms with E-state index in [4.69, 9.17) is 0 Å². The Morgan fingerprint density at radius 1 is 1.08 bits per heavy atom. The summed E-state index contributed by atoms with van der Waals surface area (Å²) in [7, 11) is 4.07. The third kappa shape index (κ3) is 4.60. The fourth-order valence-corrected chi connectivity index (χ4v) is 3.57. The summed E-state index contributed by atoms with van der Waals surface area (Å²) in [5.41, 5.74) is 1.21. The lowest BCUT2D eigenvalue weighted by Gasteiger charge is -2.32. The van der Waals surface area contributed by atoms with Gasteiger partial charge in [-0.15, -0.1) is 0 Å². The molecule has 1 aromatic carbocycles. The zero-order valence-electron chi connectivity index (χ0n) is 15.3. The van der Waals surface area contributed by atoms with Crippen molar-refractivity contribution in [2.24, 2.45) is 11.8 Å². The van der Waals surface area contributed by atoms with Gasteiger partial charge in [-0.1, -0.05) is 30.3 Å². The maximum Gasteiger partial charge on any atom is 0.225 e. The third-order valence-electron chi connectivity index (χ3n) is 5.38. The Kier molecular flexibility index (Phi) is 5.74. The van der Waals surface area contributed by atoms with Crippen LogP contribution >= 0.6 is 0 Å². The summed E-state index contributed by atoms with van der Waals surface area (Å²) >= 11 is 0. The molecule has 136 valence electrons. The highest BCUT2D eigenvalue weighted by Crippen LogP contribution is 2.32. The molecule has 0 aromatic heterocycles. The van der Waals surface area contributed by atoms with Gasteiger partial charge in [-0.05, 0) is 45.3 Å². The quantitative estimate of drug-likeness (QED) is 0.860. The molecule has 1 heterocycles. The second kappa shape index (κ2) is 8.00. The Labute approximate surface area is 150 Å². The van der Waals surface area contributed by atoms with Crippen molar-refractivity contribution in [2.45, 2.75) is 31.7 Å². The topological polar surface area (TPSA) is 52.7 Å². The fraction of sp³-hybridized carbons (Fsp3) is 0.600. The molecular formula is C20H29N3O2. The lowest BCUT2D eigenvalue weighted by molar-refractivity contribution is -0.136. The third-order valence-corrected chi connectivity index (χ3v) is 5.38. The number of nitrogens with one attached hydrogen (secondary N) is 1. The molecule has 1 aromatic rings. The zero-order valence-corrected chi connectivity index (χ0v) is 15.3. The van der Waals surface area contributed by atoms with E-state index < -0.39 is 0 Å². The Hall–Kier alpha value is -1.88. The summed E-state index contributed by atoms with van der Waals surface area (Å²) in [6, 6.07) is 10.4. The molecule has 0 unspecified atom stereocenters. The van der Waals surface area contributed by atoms with Gasteiger partial charge in [-0.3, -0.25) is 9.59 Å². The van der Waals surface area contributed by atoms with Crippen LogP contribution in [0.1, 0.15) is 37.3 Å². The second-order valence-corrected chi connectivity index (χ2v) is 7.51. The van der Waals surface area contributed by atoms with E-state index in [1.807, 2.05) is 37.2 Å². The van der Waals surface area contributed by atoms with Crippen LogP contribution in [0, 0.1) is 11.8 Å². The summed E-state index contributed by atoms with van der Waals surface area (Å²) in [6.45, 7) is 2.06. The van der Waals surface area contributed by atoms with Crippen LogP contribution in [-0.4, -0.2) is 55.3 Å². The van der Waals surface area contributed by atoms with E-state index in [9.17, 15) is 9.59 Å². The predicted molar refractivity (Wildman–Crippen MR) is 97.9 cm³/mol. The van der Waals surface area contributed by atoms with Crippen molar-refractivity contribution < 1.29 is 9.59 Å². The van der Waals surface area contributed by atoms with Gasteiger partial charge in [0, 0.05) is 31.5 Å². The minimum atomic E-state index is 0.0295. The zero-order chi connectivity index (χ0) is 17.8. The average molecular weight is 343 g/mol. The first kappa shape index (κ1) is 17.9. The minimum absolute atomic E-state index is 0.0295. The molecule has 0 radical (unpaired) electrons. The van der Waals surface area contributed by atoms with E-state index in [0.717, 1.165) is 38.8 Å². The molecule has 3 rings (SSSR count). The van der Waals surface area contributed by atoms with Crippen molar-refractivity contribution in [3.8, 4) is 0 Å². The van der Waals surface area contributed by atoms with Crippen LogP contribution in [0.25, 0.3) is 0 Å². The first-order chi connectivity index (χ1) is 12.1. The van der Waals surface area contributed by atoms with E-state index in [-0.39, 0.29) is 23.8 Å². The molecule has 25 heavy (non-hydrogen) atoms. The number of piperidine rings is 1. The van der Waals surface area contributed by atoms with Crippen LogP contribution in [0.15, 0.2) is 30.3 Å². The first-order valence-electron chi connectivity index (χ1n) is 9.34. The minimum Gasteiger partial charge on any atom is -0.354 e. The first-order valence-corrected chi connectivity index (χ1v) is 9.34. The number of hydrogen-bond acceptors (Lipinski definition) is 3. The summed E-state index contributed by atoms with van der Waals surface area (Å²) in [4.78, 5) is 28.7. The Morgan fingerprint density at radius 2 is 1.72 bits per heavy atom. The highest BCUT2D eigenvalue weighted by Gasteiger charge is 2.36. The van der Waals surface area contributed by atoms with Crippen molar-refractivity contribution in [2.75, 3.05) is 33.7 Å². The van der Waals surface area contributed by atoms with Crippen LogP contribution in [0.4, 0.5) is 0 Å². The summed E-state index contributed by atoms with van der Waals surface area (Å²) < 4.78 is 0. The number of hydrogen-bond donors (Lipinski definition) is 1. The number of likely N-dealkylation sites (N-methyl/N-ethyl adjacent to an activating group) is 1. The van der Waals surface area contributed by atoms with E-state index in [1.54, 1.807) is 0 Å². The molecule has 1 N–H and O–H groups in total. The molecule has 5 heteroatoms. The SMILES string of the molecule is CN(C)[C@H](CNC(=O)C1CCN(C(=O)C2CC2)CC1)c1ccccc1. The van der Waals surface area contributed by atoms with Crippen molar-refractivity contribution in [1.29, 1.82) is 0 Å². The molecule has 1 aliphatic carbocycles. The smallest absolute Gasteiger partial charge is 0.225 e. The largest absolute Gasteiger partial charge is 0.354 e. The number of amides is 2. The number of nitrogens with zero attached hydrogens (tertiary/aromatic N) is 2. The van der Waals surface area contributed by atoms with Crippen LogP contribution < -0.4 is 5.32 Å². The Bertz CT molecular complexity index is 590. The van der Waals surface area contributed by atoms with Crippen LogP contribution in [-0.2, 0) is 9.59 Å². The lowest BCUT2D eigenvalue weighted by atomic mass is 9.95. The molecule has 0 spiro atoms. The molecular weight excluding hydrogens is 314 g/mol. The second-order valence-electron chi connectivity index (χ2n) is 7.51. The molecule has 2 fully saturated rings. The molecule has 1 atom stereocenters. The van der Waals surface area contributed by atoms with Gasteiger partial charge in [0.05, 0.1) is 6.04 Å². The molecule has 1 saturated heterocycles. The maximum atomic E-state index is 12.5. The normalized spacial score (nSPS) is 19.7. The average Bonchev–Trinajstić information content (AvgIpc) is 3.47.